The van der Waals surface area contributed by atoms with E-state index in [9.17, 15) is 0 Å². The summed E-state index contributed by atoms with van der Waals surface area (Å²) in [4.78, 5) is 0. The van der Waals surface area contributed by atoms with Gasteiger partial charge in [0.2, 0.25) is 0 Å². The molecule has 18 heavy (non-hydrogen) atoms. The highest BCUT2D eigenvalue weighted by atomic mass is 14.9. The van der Waals surface area contributed by atoms with Crippen LogP contribution in [0.15, 0.2) is 18.2 Å². The van der Waals surface area contributed by atoms with E-state index in [0.29, 0.717) is 12.0 Å². The standard InChI is InChI=1S/C16H22N2/c1-11-4-7-15(13(3)8-11)18-16-9-14(10-17)6-5-12(16)2/h5-6,9,11,13,15,18H,4,7-8H2,1-3H3. The molecule has 2 nitrogen and oxygen atoms in total. The van der Waals surface area contributed by atoms with Gasteiger partial charge < -0.3 is 5.32 Å². The molecule has 1 aromatic carbocycles. The van der Waals surface area contributed by atoms with Gasteiger partial charge in [-0.05, 0) is 55.7 Å². The highest BCUT2D eigenvalue weighted by Gasteiger charge is 2.25. The number of nitrogens with zero attached hydrogens (tertiary/aromatic N) is 1. The summed E-state index contributed by atoms with van der Waals surface area (Å²) in [5.41, 5.74) is 3.08. The molecule has 0 spiro atoms. The van der Waals surface area contributed by atoms with Gasteiger partial charge in [-0.3, -0.25) is 0 Å². The second-order valence-corrected chi connectivity index (χ2v) is 5.79. The average molecular weight is 242 g/mol. The number of hydrogen-bond acceptors (Lipinski definition) is 2. The van der Waals surface area contributed by atoms with E-state index in [2.05, 4.69) is 32.2 Å². The second kappa shape index (κ2) is 5.44. The Morgan fingerprint density at radius 1 is 1.28 bits per heavy atom. The van der Waals surface area contributed by atoms with Crippen LogP contribution < -0.4 is 5.32 Å². The fourth-order valence-corrected chi connectivity index (χ4v) is 2.93. The third-order valence-corrected chi connectivity index (χ3v) is 4.14. The van der Waals surface area contributed by atoms with Crippen LogP contribution in [0.4, 0.5) is 5.69 Å². The van der Waals surface area contributed by atoms with Crippen molar-refractivity contribution >= 4 is 5.69 Å². The predicted molar refractivity (Wildman–Crippen MR) is 75.5 cm³/mol. The summed E-state index contributed by atoms with van der Waals surface area (Å²) < 4.78 is 0. The molecule has 1 saturated carbocycles. The molecule has 1 aliphatic rings. The maximum Gasteiger partial charge on any atom is 0.0992 e. The van der Waals surface area contributed by atoms with E-state index < -0.39 is 0 Å². The molecule has 0 saturated heterocycles. The Morgan fingerprint density at radius 3 is 2.72 bits per heavy atom. The smallest absolute Gasteiger partial charge is 0.0992 e. The molecule has 3 atom stereocenters. The SMILES string of the molecule is Cc1ccc(C#N)cc1NC1CCC(C)CC1C. The van der Waals surface area contributed by atoms with Crippen LogP contribution in [-0.2, 0) is 0 Å². The topological polar surface area (TPSA) is 35.8 Å². The van der Waals surface area contributed by atoms with E-state index in [4.69, 9.17) is 5.26 Å². The van der Waals surface area contributed by atoms with Crippen LogP contribution in [0, 0.1) is 30.1 Å². The first kappa shape index (κ1) is 13.0. The van der Waals surface area contributed by atoms with Crippen molar-refractivity contribution in [2.45, 2.75) is 46.1 Å². The molecule has 96 valence electrons. The van der Waals surface area contributed by atoms with Gasteiger partial charge in [0, 0.05) is 11.7 Å². The van der Waals surface area contributed by atoms with Gasteiger partial charge in [0.05, 0.1) is 11.6 Å². The zero-order valence-corrected chi connectivity index (χ0v) is 11.5. The number of benzene rings is 1. The van der Waals surface area contributed by atoms with Gasteiger partial charge >= 0.3 is 0 Å². The van der Waals surface area contributed by atoms with Crippen molar-refractivity contribution in [2.24, 2.45) is 11.8 Å². The van der Waals surface area contributed by atoms with Crippen LogP contribution in [0.25, 0.3) is 0 Å². The van der Waals surface area contributed by atoms with Gasteiger partial charge in [0.25, 0.3) is 0 Å². The molecule has 1 fully saturated rings. The fourth-order valence-electron chi connectivity index (χ4n) is 2.93. The summed E-state index contributed by atoms with van der Waals surface area (Å²) in [7, 11) is 0. The second-order valence-electron chi connectivity index (χ2n) is 5.79. The number of hydrogen-bond donors (Lipinski definition) is 1. The summed E-state index contributed by atoms with van der Waals surface area (Å²) in [6.45, 7) is 6.77. The monoisotopic (exact) mass is 242 g/mol. The lowest BCUT2D eigenvalue weighted by Gasteiger charge is -2.34. The Bertz CT molecular complexity index is 459. The molecule has 2 rings (SSSR count). The number of aryl methyl sites for hydroxylation is 1. The van der Waals surface area contributed by atoms with E-state index in [0.717, 1.165) is 17.2 Å². The molecular weight excluding hydrogens is 220 g/mol. The Labute approximate surface area is 110 Å². The largest absolute Gasteiger partial charge is 0.382 e. The van der Waals surface area contributed by atoms with Crippen molar-refractivity contribution in [2.75, 3.05) is 5.32 Å². The molecular formula is C16H22N2. The summed E-state index contributed by atoms with van der Waals surface area (Å²) in [5.74, 6) is 1.56. The van der Waals surface area contributed by atoms with Crippen molar-refractivity contribution in [3.05, 3.63) is 29.3 Å². The van der Waals surface area contributed by atoms with Crippen molar-refractivity contribution in [1.82, 2.24) is 0 Å². The molecule has 1 aromatic rings. The highest BCUT2D eigenvalue weighted by Crippen LogP contribution is 2.31. The van der Waals surface area contributed by atoms with E-state index in [1.807, 2.05) is 18.2 Å². The predicted octanol–water partition coefficient (Wildman–Crippen LogP) is 4.10. The molecule has 0 aliphatic heterocycles. The molecule has 0 radical (unpaired) electrons. The molecule has 0 aromatic heterocycles. The third kappa shape index (κ3) is 2.85. The van der Waals surface area contributed by atoms with Gasteiger partial charge in [-0.2, -0.15) is 5.26 Å². The first-order chi connectivity index (χ1) is 8.60. The minimum Gasteiger partial charge on any atom is -0.382 e. The quantitative estimate of drug-likeness (QED) is 0.847. The lowest BCUT2D eigenvalue weighted by Crippen LogP contribution is -2.33. The number of anilines is 1. The zero-order chi connectivity index (χ0) is 13.1. The van der Waals surface area contributed by atoms with Gasteiger partial charge in [0.15, 0.2) is 0 Å². The van der Waals surface area contributed by atoms with Gasteiger partial charge in [-0.25, -0.2) is 0 Å². The highest BCUT2D eigenvalue weighted by molar-refractivity contribution is 5.55. The average Bonchev–Trinajstić information content (AvgIpc) is 2.35. The Balaban J connectivity index is 2.12. The lowest BCUT2D eigenvalue weighted by molar-refractivity contribution is 0.276. The summed E-state index contributed by atoms with van der Waals surface area (Å²) in [6.07, 6.45) is 3.84. The molecule has 1 N–H and O–H groups in total. The van der Waals surface area contributed by atoms with Crippen LogP contribution in [0.5, 0.6) is 0 Å². The van der Waals surface area contributed by atoms with Gasteiger partial charge in [0.1, 0.15) is 0 Å². The summed E-state index contributed by atoms with van der Waals surface area (Å²) in [5, 5.41) is 12.6. The van der Waals surface area contributed by atoms with Crippen LogP contribution in [-0.4, -0.2) is 6.04 Å². The Hall–Kier alpha value is -1.49. The minimum atomic E-state index is 0.550. The Morgan fingerprint density at radius 2 is 2.06 bits per heavy atom. The van der Waals surface area contributed by atoms with Crippen molar-refractivity contribution < 1.29 is 0 Å². The van der Waals surface area contributed by atoms with Crippen LogP contribution in [0.1, 0.15) is 44.2 Å². The molecule has 2 heteroatoms. The fraction of sp³-hybridized carbons (Fsp3) is 0.562. The third-order valence-electron chi connectivity index (χ3n) is 4.14. The zero-order valence-electron chi connectivity index (χ0n) is 11.5. The van der Waals surface area contributed by atoms with Crippen molar-refractivity contribution in [3.63, 3.8) is 0 Å². The normalized spacial score (nSPS) is 27.6. The van der Waals surface area contributed by atoms with Crippen LogP contribution >= 0.6 is 0 Å². The maximum absolute atomic E-state index is 8.97. The van der Waals surface area contributed by atoms with Gasteiger partial charge in [-0.15, -0.1) is 0 Å². The lowest BCUT2D eigenvalue weighted by atomic mass is 9.79. The van der Waals surface area contributed by atoms with Gasteiger partial charge in [-0.1, -0.05) is 19.9 Å². The van der Waals surface area contributed by atoms with E-state index >= 15 is 0 Å². The summed E-state index contributed by atoms with van der Waals surface area (Å²) in [6, 6.07) is 8.64. The van der Waals surface area contributed by atoms with Crippen molar-refractivity contribution in [3.8, 4) is 6.07 Å². The van der Waals surface area contributed by atoms with E-state index in [1.165, 1.54) is 24.8 Å². The van der Waals surface area contributed by atoms with Crippen molar-refractivity contribution in [1.29, 1.82) is 5.26 Å². The maximum atomic E-state index is 8.97. The Kier molecular flexibility index (Phi) is 3.91. The number of nitriles is 1. The minimum absolute atomic E-state index is 0.550. The number of rotatable bonds is 2. The van der Waals surface area contributed by atoms with Crippen LogP contribution in [0.2, 0.25) is 0 Å². The molecule has 0 heterocycles. The van der Waals surface area contributed by atoms with E-state index in [-0.39, 0.29) is 0 Å². The molecule has 1 aliphatic carbocycles. The van der Waals surface area contributed by atoms with E-state index in [1.54, 1.807) is 0 Å². The number of nitrogens with one attached hydrogen (secondary N) is 1. The molecule has 3 unspecified atom stereocenters. The summed E-state index contributed by atoms with van der Waals surface area (Å²) >= 11 is 0. The first-order valence-electron chi connectivity index (χ1n) is 6.87. The molecule has 0 amide bonds. The first-order valence-corrected chi connectivity index (χ1v) is 6.87. The molecule has 0 bridgehead atoms. The van der Waals surface area contributed by atoms with Crippen LogP contribution in [0.3, 0.4) is 0 Å².